The van der Waals surface area contributed by atoms with Crippen molar-refractivity contribution in [2.75, 3.05) is 13.1 Å². The Morgan fingerprint density at radius 2 is 1.66 bits per heavy atom. The number of carbonyl (C=O) groups is 2. The van der Waals surface area contributed by atoms with E-state index in [9.17, 15) is 14.7 Å². The molecule has 2 aliphatic rings. The largest absolute Gasteiger partial charge is 0.391 e. The van der Waals surface area contributed by atoms with Crippen molar-refractivity contribution < 1.29 is 14.7 Å². The van der Waals surface area contributed by atoms with Gasteiger partial charge in [-0.05, 0) is 48.9 Å². The fraction of sp³-hybridized carbons (Fsp3) is 0.417. The lowest BCUT2D eigenvalue weighted by molar-refractivity contribution is 0.0792. The Balaban J connectivity index is 1.30. The summed E-state index contributed by atoms with van der Waals surface area (Å²) in [5.74, 6) is 0.0426. The Labute approximate surface area is 171 Å². The quantitative estimate of drug-likeness (QED) is 0.742. The number of Topliss-reactive ketones (excluding diaryl/α,β-unsaturated/α-hetero) is 1. The van der Waals surface area contributed by atoms with Gasteiger partial charge in [-0.2, -0.15) is 0 Å². The molecule has 0 saturated carbocycles. The molecule has 2 aromatic carbocycles. The van der Waals surface area contributed by atoms with Crippen molar-refractivity contribution >= 4 is 11.7 Å². The Morgan fingerprint density at radius 1 is 1.00 bits per heavy atom. The first-order chi connectivity index (χ1) is 14.1. The summed E-state index contributed by atoms with van der Waals surface area (Å²) in [6, 6.07) is 15.2. The monoisotopic (exact) mass is 392 g/mol. The third-order valence-electron chi connectivity index (χ3n) is 6.09. The van der Waals surface area contributed by atoms with Crippen molar-refractivity contribution in [2.24, 2.45) is 0 Å². The summed E-state index contributed by atoms with van der Waals surface area (Å²) >= 11 is 0. The van der Waals surface area contributed by atoms with Crippen LogP contribution in [0, 0.1) is 0 Å². The highest BCUT2D eigenvalue weighted by atomic mass is 16.3. The minimum atomic E-state index is -0.566. The second-order valence-electron chi connectivity index (χ2n) is 8.07. The minimum Gasteiger partial charge on any atom is -0.391 e. The second kappa shape index (κ2) is 8.89. The summed E-state index contributed by atoms with van der Waals surface area (Å²) < 4.78 is 0. The van der Waals surface area contributed by atoms with E-state index in [1.54, 1.807) is 24.3 Å². The van der Waals surface area contributed by atoms with Crippen molar-refractivity contribution in [1.29, 1.82) is 0 Å². The molecule has 2 N–H and O–H groups in total. The molecule has 0 radical (unpaired) electrons. The second-order valence-corrected chi connectivity index (χ2v) is 8.07. The van der Waals surface area contributed by atoms with Crippen molar-refractivity contribution in [3.63, 3.8) is 0 Å². The average molecular weight is 392 g/mol. The smallest absolute Gasteiger partial charge is 0.253 e. The number of aliphatic hydroxyl groups excluding tert-OH is 1. The van der Waals surface area contributed by atoms with Crippen LogP contribution in [0.2, 0.25) is 0 Å². The van der Waals surface area contributed by atoms with Gasteiger partial charge in [0.15, 0.2) is 5.78 Å². The molecule has 5 heteroatoms. The molecule has 1 fully saturated rings. The van der Waals surface area contributed by atoms with Gasteiger partial charge in [0.1, 0.15) is 0 Å². The van der Waals surface area contributed by atoms with E-state index in [2.05, 4.69) is 17.4 Å². The van der Waals surface area contributed by atoms with Gasteiger partial charge in [-0.25, -0.2) is 0 Å². The Hall–Kier alpha value is -2.50. The van der Waals surface area contributed by atoms with Crippen LogP contribution < -0.4 is 5.32 Å². The average Bonchev–Trinajstić information content (AvgIpc) is 3.31. The SMILES string of the molecule is O=C(CC[C@@H](O)[C@@H]1Cc2ccccc2CN1)c1ccc(C(=O)N2CCCC2)cc1. The zero-order valence-electron chi connectivity index (χ0n) is 16.6. The number of nitrogens with zero attached hydrogens (tertiary/aromatic N) is 1. The molecule has 2 aromatic rings. The normalized spacial score (nSPS) is 19.6. The maximum atomic E-state index is 12.5. The summed E-state index contributed by atoms with van der Waals surface area (Å²) in [6.45, 7) is 2.38. The van der Waals surface area contributed by atoms with Crippen LogP contribution in [-0.2, 0) is 13.0 Å². The van der Waals surface area contributed by atoms with Gasteiger partial charge in [0.2, 0.25) is 0 Å². The van der Waals surface area contributed by atoms with E-state index in [-0.39, 0.29) is 17.7 Å². The van der Waals surface area contributed by atoms with Crippen LogP contribution in [0.1, 0.15) is 57.5 Å². The van der Waals surface area contributed by atoms with Crippen molar-refractivity contribution in [3.05, 3.63) is 70.8 Å². The van der Waals surface area contributed by atoms with Crippen molar-refractivity contribution in [2.45, 2.75) is 50.8 Å². The van der Waals surface area contributed by atoms with Crippen LogP contribution in [0.15, 0.2) is 48.5 Å². The van der Waals surface area contributed by atoms with Crippen LogP contribution in [0.4, 0.5) is 0 Å². The first kappa shape index (κ1) is 19.8. The van der Waals surface area contributed by atoms with Gasteiger partial charge in [0.05, 0.1) is 6.10 Å². The number of rotatable bonds is 6. The number of aliphatic hydroxyl groups is 1. The van der Waals surface area contributed by atoms with Crippen molar-refractivity contribution in [3.8, 4) is 0 Å². The summed E-state index contributed by atoms with van der Waals surface area (Å²) in [5, 5.41) is 14.0. The molecule has 1 amide bonds. The first-order valence-corrected chi connectivity index (χ1v) is 10.5. The highest BCUT2D eigenvalue weighted by Crippen LogP contribution is 2.20. The molecule has 2 atom stereocenters. The summed E-state index contributed by atoms with van der Waals surface area (Å²) in [4.78, 5) is 26.8. The Morgan fingerprint density at radius 3 is 2.38 bits per heavy atom. The summed E-state index contributed by atoms with van der Waals surface area (Å²) in [5.41, 5.74) is 3.76. The molecular formula is C24H28N2O3. The van der Waals surface area contributed by atoms with E-state index in [1.165, 1.54) is 11.1 Å². The molecule has 0 unspecified atom stereocenters. The molecule has 29 heavy (non-hydrogen) atoms. The third kappa shape index (κ3) is 4.57. The number of hydrogen-bond donors (Lipinski definition) is 2. The van der Waals surface area contributed by atoms with Crippen LogP contribution in [-0.4, -0.2) is 46.9 Å². The number of amides is 1. The van der Waals surface area contributed by atoms with E-state index in [4.69, 9.17) is 0 Å². The van der Waals surface area contributed by atoms with E-state index in [0.717, 1.165) is 38.9 Å². The number of hydrogen-bond acceptors (Lipinski definition) is 4. The lowest BCUT2D eigenvalue weighted by Crippen LogP contribution is -2.44. The maximum absolute atomic E-state index is 12.5. The maximum Gasteiger partial charge on any atom is 0.253 e. The predicted octanol–water partition coefficient (Wildman–Crippen LogP) is 2.96. The van der Waals surface area contributed by atoms with Gasteiger partial charge in [0, 0.05) is 43.2 Å². The number of nitrogens with one attached hydrogen (secondary N) is 1. The van der Waals surface area contributed by atoms with E-state index in [1.807, 2.05) is 17.0 Å². The Kier molecular flexibility index (Phi) is 6.07. The molecule has 2 aliphatic heterocycles. The van der Waals surface area contributed by atoms with Crippen LogP contribution in [0.5, 0.6) is 0 Å². The van der Waals surface area contributed by atoms with Gasteiger partial charge in [-0.1, -0.05) is 36.4 Å². The molecule has 0 bridgehead atoms. The number of likely N-dealkylation sites (tertiary alicyclic amines) is 1. The van der Waals surface area contributed by atoms with Crippen LogP contribution in [0.3, 0.4) is 0 Å². The number of fused-ring (bicyclic) bond motifs is 1. The molecular weight excluding hydrogens is 364 g/mol. The number of ketones is 1. The van der Waals surface area contributed by atoms with E-state index in [0.29, 0.717) is 24.0 Å². The molecule has 0 aliphatic carbocycles. The fourth-order valence-corrected chi connectivity index (χ4v) is 4.28. The van der Waals surface area contributed by atoms with Gasteiger partial charge in [0.25, 0.3) is 5.91 Å². The molecule has 152 valence electrons. The molecule has 0 aromatic heterocycles. The standard InChI is InChI=1S/C24H28N2O3/c27-22(17-7-9-18(10-8-17)24(29)26-13-3-4-14-26)11-12-23(28)21-15-19-5-1-2-6-20(19)16-25-21/h1-2,5-10,21,23,25,28H,3-4,11-16H2/t21-,23+/m0/s1. The molecule has 0 spiro atoms. The van der Waals surface area contributed by atoms with E-state index >= 15 is 0 Å². The highest BCUT2D eigenvalue weighted by molar-refractivity contribution is 5.98. The van der Waals surface area contributed by atoms with Gasteiger partial charge >= 0.3 is 0 Å². The summed E-state index contributed by atoms with van der Waals surface area (Å²) in [6.07, 6.45) is 3.05. The fourth-order valence-electron chi connectivity index (χ4n) is 4.28. The highest BCUT2D eigenvalue weighted by Gasteiger charge is 2.25. The number of carbonyl (C=O) groups excluding carboxylic acids is 2. The third-order valence-corrected chi connectivity index (χ3v) is 6.09. The number of benzene rings is 2. The van der Waals surface area contributed by atoms with Gasteiger partial charge < -0.3 is 15.3 Å². The predicted molar refractivity (Wildman–Crippen MR) is 112 cm³/mol. The summed E-state index contributed by atoms with van der Waals surface area (Å²) in [7, 11) is 0. The van der Waals surface area contributed by atoms with Gasteiger partial charge in [-0.3, -0.25) is 9.59 Å². The van der Waals surface area contributed by atoms with Gasteiger partial charge in [-0.15, -0.1) is 0 Å². The van der Waals surface area contributed by atoms with E-state index < -0.39 is 6.10 Å². The molecule has 2 heterocycles. The lowest BCUT2D eigenvalue weighted by Gasteiger charge is -2.29. The Bertz CT molecular complexity index is 872. The molecule has 4 rings (SSSR count). The molecule has 1 saturated heterocycles. The first-order valence-electron chi connectivity index (χ1n) is 10.5. The van der Waals surface area contributed by atoms with Crippen LogP contribution >= 0.6 is 0 Å². The van der Waals surface area contributed by atoms with Crippen molar-refractivity contribution in [1.82, 2.24) is 10.2 Å². The zero-order valence-corrected chi connectivity index (χ0v) is 16.6. The molecule has 5 nitrogen and oxygen atoms in total. The topological polar surface area (TPSA) is 69.6 Å². The minimum absolute atomic E-state index is 0.000399. The zero-order chi connectivity index (χ0) is 20.2. The lowest BCUT2D eigenvalue weighted by atomic mass is 9.90. The van der Waals surface area contributed by atoms with Crippen LogP contribution in [0.25, 0.3) is 0 Å².